The third-order valence-electron chi connectivity index (χ3n) is 5.18. The number of nitrogens with zero attached hydrogens (tertiary/aromatic N) is 1. The predicted octanol–water partition coefficient (Wildman–Crippen LogP) is 3.77. The monoisotopic (exact) mass is 387 g/mol. The van der Waals surface area contributed by atoms with E-state index in [-0.39, 0.29) is 17.0 Å². The van der Waals surface area contributed by atoms with Gasteiger partial charge in [0.15, 0.2) is 5.96 Å². The largest absolute Gasteiger partial charge is 0.381 e. The maximum Gasteiger partial charge on any atom is 0.191 e. The molecule has 6 heteroatoms. The van der Waals surface area contributed by atoms with Crippen LogP contribution >= 0.6 is 0 Å². The van der Waals surface area contributed by atoms with E-state index in [1.165, 1.54) is 24.3 Å². The van der Waals surface area contributed by atoms with Gasteiger partial charge in [0.25, 0.3) is 0 Å². The van der Waals surface area contributed by atoms with Crippen molar-refractivity contribution in [3.05, 3.63) is 71.3 Å². The average molecular weight is 387 g/mol. The molecule has 0 atom stereocenters. The molecule has 0 radical (unpaired) electrons. The third-order valence-corrected chi connectivity index (χ3v) is 5.18. The Balaban J connectivity index is 1.72. The summed E-state index contributed by atoms with van der Waals surface area (Å²) in [6.07, 6.45) is 1.73. The summed E-state index contributed by atoms with van der Waals surface area (Å²) in [6.45, 7) is 5.26. The lowest BCUT2D eigenvalue weighted by molar-refractivity contribution is 0.0513. The average Bonchev–Trinajstić information content (AvgIpc) is 2.72. The smallest absolute Gasteiger partial charge is 0.191 e. The number of ether oxygens (including phenoxy) is 1. The van der Waals surface area contributed by atoms with Gasteiger partial charge in [0.2, 0.25) is 0 Å². The molecule has 2 aromatic carbocycles. The molecular weight excluding hydrogens is 360 g/mol. The van der Waals surface area contributed by atoms with Crippen molar-refractivity contribution in [2.75, 3.05) is 26.3 Å². The van der Waals surface area contributed by atoms with Crippen LogP contribution < -0.4 is 10.6 Å². The van der Waals surface area contributed by atoms with Gasteiger partial charge in [-0.2, -0.15) is 0 Å². The first kappa shape index (κ1) is 20.3. The van der Waals surface area contributed by atoms with Crippen molar-refractivity contribution in [2.24, 2.45) is 4.99 Å². The first-order chi connectivity index (χ1) is 13.6. The van der Waals surface area contributed by atoms with Gasteiger partial charge in [-0.25, -0.2) is 13.8 Å². The summed E-state index contributed by atoms with van der Waals surface area (Å²) < 4.78 is 32.0. The number of halogens is 2. The first-order valence-electron chi connectivity index (χ1n) is 9.72. The zero-order chi connectivity index (χ0) is 19.8. The zero-order valence-electron chi connectivity index (χ0n) is 16.2. The van der Waals surface area contributed by atoms with Crippen LogP contribution in [-0.2, 0) is 16.7 Å². The molecule has 2 N–H and O–H groups in total. The number of guanidine groups is 1. The van der Waals surface area contributed by atoms with Crippen LogP contribution in [0.5, 0.6) is 0 Å². The van der Waals surface area contributed by atoms with E-state index < -0.39 is 0 Å². The molecule has 0 saturated carbocycles. The van der Waals surface area contributed by atoms with Gasteiger partial charge < -0.3 is 15.4 Å². The highest BCUT2D eigenvalue weighted by molar-refractivity contribution is 5.79. The summed E-state index contributed by atoms with van der Waals surface area (Å²) in [6, 6.07) is 13.1. The van der Waals surface area contributed by atoms with E-state index in [9.17, 15) is 8.78 Å². The quantitative estimate of drug-likeness (QED) is 0.586. The van der Waals surface area contributed by atoms with Crippen molar-refractivity contribution < 1.29 is 13.5 Å². The number of hydrogen-bond donors (Lipinski definition) is 2. The summed E-state index contributed by atoms with van der Waals surface area (Å²) in [5, 5.41) is 6.70. The summed E-state index contributed by atoms with van der Waals surface area (Å²) in [5.41, 5.74) is 1.93. The Bertz CT molecular complexity index is 769. The molecule has 28 heavy (non-hydrogen) atoms. The van der Waals surface area contributed by atoms with E-state index in [1.54, 1.807) is 12.1 Å². The van der Waals surface area contributed by atoms with Crippen molar-refractivity contribution >= 4 is 5.96 Å². The highest BCUT2D eigenvalue weighted by Gasteiger charge is 2.34. The summed E-state index contributed by atoms with van der Waals surface area (Å²) >= 11 is 0. The first-order valence-corrected chi connectivity index (χ1v) is 9.72. The summed E-state index contributed by atoms with van der Waals surface area (Å²) in [4.78, 5) is 4.62. The topological polar surface area (TPSA) is 45.7 Å². The molecule has 1 aliphatic rings. The molecule has 1 heterocycles. The standard InChI is InChI=1S/C22H27F2N3O/c1-2-25-21(26-15-17-3-7-19(23)8-4-17)27-16-22(11-13-28-14-12-22)18-5-9-20(24)10-6-18/h3-10H,2,11-16H2,1H3,(H2,25,26,27). The third kappa shape index (κ3) is 5.29. The van der Waals surface area contributed by atoms with E-state index in [0.29, 0.717) is 32.3 Å². The summed E-state index contributed by atoms with van der Waals surface area (Å²) in [7, 11) is 0. The van der Waals surface area contributed by atoms with Gasteiger partial charge in [-0.3, -0.25) is 0 Å². The summed E-state index contributed by atoms with van der Waals surface area (Å²) in [5.74, 6) is 0.228. The maximum absolute atomic E-state index is 13.4. The van der Waals surface area contributed by atoms with Gasteiger partial charge in [-0.05, 0) is 55.2 Å². The SMILES string of the molecule is CCNC(=NCc1ccc(F)cc1)NCC1(c2ccc(F)cc2)CCOCC1. The van der Waals surface area contributed by atoms with Gasteiger partial charge >= 0.3 is 0 Å². The molecule has 150 valence electrons. The Hall–Kier alpha value is -2.47. The second kappa shape index (κ2) is 9.64. The van der Waals surface area contributed by atoms with Crippen molar-refractivity contribution in [2.45, 2.75) is 31.7 Å². The molecule has 0 unspecified atom stereocenters. The van der Waals surface area contributed by atoms with Crippen LogP contribution in [0.2, 0.25) is 0 Å². The second-order valence-electron chi connectivity index (χ2n) is 7.07. The van der Waals surface area contributed by atoms with Gasteiger partial charge in [-0.1, -0.05) is 24.3 Å². The maximum atomic E-state index is 13.4. The van der Waals surface area contributed by atoms with Crippen LogP contribution in [0, 0.1) is 11.6 Å². The fraction of sp³-hybridized carbons (Fsp3) is 0.409. The van der Waals surface area contributed by atoms with Gasteiger partial charge in [0, 0.05) is 31.7 Å². The second-order valence-corrected chi connectivity index (χ2v) is 7.07. The van der Waals surface area contributed by atoms with Crippen LogP contribution in [0.4, 0.5) is 8.78 Å². The lowest BCUT2D eigenvalue weighted by Crippen LogP contribution is -2.48. The molecule has 0 bridgehead atoms. The van der Waals surface area contributed by atoms with Crippen LogP contribution in [0.15, 0.2) is 53.5 Å². The Labute approximate surface area is 165 Å². The Morgan fingerprint density at radius 3 is 2.18 bits per heavy atom. The number of aliphatic imine (C=N–C) groups is 1. The molecule has 4 nitrogen and oxygen atoms in total. The normalized spacial score (nSPS) is 16.6. The number of hydrogen-bond acceptors (Lipinski definition) is 2. The molecule has 3 rings (SSSR count). The van der Waals surface area contributed by atoms with E-state index in [1.807, 2.05) is 19.1 Å². The van der Waals surface area contributed by atoms with Crippen LogP contribution in [0.3, 0.4) is 0 Å². The molecule has 0 spiro atoms. The van der Waals surface area contributed by atoms with Crippen molar-refractivity contribution in [1.29, 1.82) is 0 Å². The lowest BCUT2D eigenvalue weighted by Gasteiger charge is -2.38. The minimum atomic E-state index is -0.251. The molecule has 1 saturated heterocycles. The minimum absolute atomic E-state index is 0.127. The molecule has 0 aliphatic carbocycles. The van der Waals surface area contributed by atoms with Gasteiger partial charge in [0.05, 0.1) is 6.54 Å². The van der Waals surface area contributed by atoms with Crippen molar-refractivity contribution in [3.63, 3.8) is 0 Å². The molecule has 0 amide bonds. The Morgan fingerprint density at radius 1 is 0.964 bits per heavy atom. The molecule has 2 aromatic rings. The van der Waals surface area contributed by atoms with Crippen molar-refractivity contribution in [3.8, 4) is 0 Å². The van der Waals surface area contributed by atoms with E-state index >= 15 is 0 Å². The predicted molar refractivity (Wildman–Crippen MR) is 107 cm³/mol. The Kier molecular flexibility index (Phi) is 6.98. The molecule has 1 aliphatic heterocycles. The number of rotatable bonds is 6. The molecular formula is C22H27F2N3O. The van der Waals surface area contributed by atoms with Crippen LogP contribution in [0.1, 0.15) is 30.9 Å². The van der Waals surface area contributed by atoms with Crippen LogP contribution in [0.25, 0.3) is 0 Å². The van der Waals surface area contributed by atoms with E-state index in [0.717, 1.165) is 30.5 Å². The highest BCUT2D eigenvalue weighted by atomic mass is 19.1. The molecule has 0 aromatic heterocycles. The zero-order valence-corrected chi connectivity index (χ0v) is 16.2. The molecule has 1 fully saturated rings. The fourth-order valence-corrected chi connectivity index (χ4v) is 3.49. The lowest BCUT2D eigenvalue weighted by atomic mass is 9.74. The van der Waals surface area contributed by atoms with E-state index in [4.69, 9.17) is 4.74 Å². The fourth-order valence-electron chi connectivity index (χ4n) is 3.49. The highest BCUT2D eigenvalue weighted by Crippen LogP contribution is 2.34. The van der Waals surface area contributed by atoms with Crippen LogP contribution in [-0.4, -0.2) is 32.3 Å². The van der Waals surface area contributed by atoms with Gasteiger partial charge in [-0.15, -0.1) is 0 Å². The number of nitrogens with one attached hydrogen (secondary N) is 2. The minimum Gasteiger partial charge on any atom is -0.381 e. The van der Waals surface area contributed by atoms with Crippen molar-refractivity contribution in [1.82, 2.24) is 10.6 Å². The Morgan fingerprint density at radius 2 is 1.57 bits per heavy atom. The van der Waals surface area contributed by atoms with E-state index in [2.05, 4.69) is 15.6 Å². The van der Waals surface area contributed by atoms with Gasteiger partial charge in [0.1, 0.15) is 11.6 Å². The number of benzene rings is 2.